The quantitative estimate of drug-likeness (QED) is 0.921. The molecule has 0 saturated heterocycles. The van der Waals surface area contributed by atoms with Gasteiger partial charge in [-0.15, -0.1) is 11.3 Å². The number of hydrogen-bond acceptors (Lipinski definition) is 3. The molecule has 0 aliphatic heterocycles. The third kappa shape index (κ3) is 2.01. The van der Waals surface area contributed by atoms with Gasteiger partial charge in [-0.05, 0) is 31.2 Å². The third-order valence-electron chi connectivity index (χ3n) is 4.75. The molecule has 21 heavy (non-hydrogen) atoms. The highest BCUT2D eigenvalue weighted by Crippen LogP contribution is 2.52. The van der Waals surface area contributed by atoms with Crippen molar-refractivity contribution in [2.45, 2.75) is 43.4 Å². The van der Waals surface area contributed by atoms with E-state index in [4.69, 9.17) is 4.98 Å². The van der Waals surface area contributed by atoms with Crippen molar-refractivity contribution in [3.8, 4) is 0 Å². The summed E-state index contributed by atoms with van der Waals surface area (Å²) in [7, 11) is 0. The smallest absolute Gasteiger partial charge is 0.347 e. The molecule has 0 radical (unpaired) electrons. The zero-order valence-corrected chi connectivity index (χ0v) is 12.5. The standard InChI is InChI=1S/C17H17NO2S/c19-15(20)14-13(11-7-8-11)18-16(21-14)17(9-4-10-17)12-5-2-1-3-6-12/h1-3,5-6,11H,4,7-10H2,(H,19,20). The number of carbonyl (C=O) groups is 1. The Morgan fingerprint density at radius 2 is 1.95 bits per heavy atom. The lowest BCUT2D eigenvalue weighted by molar-refractivity contribution is 0.0700. The lowest BCUT2D eigenvalue weighted by atomic mass is 9.65. The molecule has 2 saturated carbocycles. The van der Waals surface area contributed by atoms with Gasteiger partial charge in [0.05, 0.1) is 5.69 Å². The Morgan fingerprint density at radius 3 is 2.48 bits per heavy atom. The fourth-order valence-electron chi connectivity index (χ4n) is 3.24. The zero-order chi connectivity index (χ0) is 14.4. The summed E-state index contributed by atoms with van der Waals surface area (Å²) in [6.45, 7) is 0. The van der Waals surface area contributed by atoms with Crippen molar-refractivity contribution in [3.05, 3.63) is 51.5 Å². The molecule has 1 aromatic carbocycles. The summed E-state index contributed by atoms with van der Waals surface area (Å²) in [5.74, 6) is -0.433. The molecule has 3 nitrogen and oxygen atoms in total. The van der Waals surface area contributed by atoms with Gasteiger partial charge in [0.25, 0.3) is 0 Å². The maximum atomic E-state index is 11.5. The molecule has 4 rings (SSSR count). The van der Waals surface area contributed by atoms with E-state index in [1.54, 1.807) is 0 Å². The summed E-state index contributed by atoms with van der Waals surface area (Å²) in [6.07, 6.45) is 5.51. The van der Waals surface area contributed by atoms with E-state index in [1.807, 2.05) is 6.07 Å². The molecule has 1 heterocycles. The van der Waals surface area contributed by atoms with Crippen molar-refractivity contribution in [1.82, 2.24) is 4.98 Å². The van der Waals surface area contributed by atoms with E-state index < -0.39 is 5.97 Å². The molecule has 108 valence electrons. The minimum atomic E-state index is -0.816. The maximum Gasteiger partial charge on any atom is 0.347 e. The summed E-state index contributed by atoms with van der Waals surface area (Å²) >= 11 is 1.40. The number of carboxylic acid groups (broad SMARTS) is 1. The molecule has 2 aliphatic rings. The number of rotatable bonds is 4. The molecule has 2 aromatic rings. The van der Waals surface area contributed by atoms with Crippen LogP contribution in [0.2, 0.25) is 0 Å². The molecule has 0 spiro atoms. The largest absolute Gasteiger partial charge is 0.477 e. The fraction of sp³-hybridized carbons (Fsp3) is 0.412. The topological polar surface area (TPSA) is 50.2 Å². The Morgan fingerprint density at radius 1 is 1.24 bits per heavy atom. The lowest BCUT2D eigenvalue weighted by Gasteiger charge is -2.40. The summed E-state index contributed by atoms with van der Waals surface area (Å²) in [5.41, 5.74) is 2.08. The molecule has 2 aliphatic carbocycles. The van der Waals surface area contributed by atoms with Crippen molar-refractivity contribution in [2.24, 2.45) is 0 Å². The Labute approximate surface area is 127 Å². The molecule has 4 heteroatoms. The Hall–Kier alpha value is -1.68. The predicted octanol–water partition coefficient (Wildman–Crippen LogP) is 4.19. The van der Waals surface area contributed by atoms with Crippen LogP contribution in [0.15, 0.2) is 30.3 Å². The monoisotopic (exact) mass is 299 g/mol. The Balaban J connectivity index is 1.81. The van der Waals surface area contributed by atoms with Crippen LogP contribution in [0.5, 0.6) is 0 Å². The van der Waals surface area contributed by atoms with Crippen LogP contribution in [-0.2, 0) is 5.41 Å². The fourth-order valence-corrected chi connectivity index (χ4v) is 4.50. The highest BCUT2D eigenvalue weighted by atomic mass is 32.1. The van der Waals surface area contributed by atoms with Gasteiger partial charge in [-0.25, -0.2) is 9.78 Å². The van der Waals surface area contributed by atoms with E-state index in [0.29, 0.717) is 10.8 Å². The van der Waals surface area contributed by atoms with Crippen LogP contribution in [-0.4, -0.2) is 16.1 Å². The number of benzene rings is 1. The average Bonchev–Trinajstić information content (AvgIpc) is 3.19. The van der Waals surface area contributed by atoms with E-state index in [1.165, 1.54) is 23.3 Å². The van der Waals surface area contributed by atoms with Gasteiger partial charge >= 0.3 is 5.97 Å². The number of aromatic nitrogens is 1. The van der Waals surface area contributed by atoms with Crippen LogP contribution in [0.4, 0.5) is 0 Å². The van der Waals surface area contributed by atoms with Crippen LogP contribution < -0.4 is 0 Å². The molecule has 0 amide bonds. The number of thiazole rings is 1. The van der Waals surface area contributed by atoms with Crippen molar-refractivity contribution < 1.29 is 9.90 Å². The second-order valence-corrected chi connectivity index (χ2v) is 7.11. The van der Waals surface area contributed by atoms with Gasteiger partial charge in [-0.2, -0.15) is 0 Å². The van der Waals surface area contributed by atoms with Crippen molar-refractivity contribution in [2.75, 3.05) is 0 Å². The predicted molar refractivity (Wildman–Crippen MR) is 82.1 cm³/mol. The highest BCUT2D eigenvalue weighted by molar-refractivity contribution is 7.14. The SMILES string of the molecule is O=C(O)c1sc(C2(c3ccccc3)CCC2)nc1C1CC1. The van der Waals surface area contributed by atoms with Crippen molar-refractivity contribution in [1.29, 1.82) is 0 Å². The molecule has 1 N–H and O–H groups in total. The van der Waals surface area contributed by atoms with Crippen LogP contribution in [0.25, 0.3) is 0 Å². The Kier molecular flexibility index (Phi) is 2.89. The van der Waals surface area contributed by atoms with Gasteiger partial charge in [0.2, 0.25) is 0 Å². The van der Waals surface area contributed by atoms with E-state index in [9.17, 15) is 9.90 Å². The molecule has 0 atom stereocenters. The maximum absolute atomic E-state index is 11.5. The van der Waals surface area contributed by atoms with Gasteiger partial charge in [-0.3, -0.25) is 0 Å². The Bertz CT molecular complexity index is 684. The van der Waals surface area contributed by atoms with Crippen molar-refractivity contribution in [3.63, 3.8) is 0 Å². The van der Waals surface area contributed by atoms with E-state index in [-0.39, 0.29) is 5.41 Å². The molecular weight excluding hydrogens is 282 g/mol. The number of hydrogen-bond donors (Lipinski definition) is 1. The van der Waals surface area contributed by atoms with Gasteiger partial charge in [0.1, 0.15) is 9.88 Å². The van der Waals surface area contributed by atoms with E-state index in [0.717, 1.165) is 36.4 Å². The minimum absolute atomic E-state index is 0.0384. The first kappa shape index (κ1) is 13.0. The van der Waals surface area contributed by atoms with Crippen LogP contribution >= 0.6 is 11.3 Å². The summed E-state index contributed by atoms with van der Waals surface area (Å²) in [5, 5.41) is 10.5. The molecule has 2 fully saturated rings. The van der Waals surface area contributed by atoms with E-state index >= 15 is 0 Å². The van der Waals surface area contributed by atoms with Gasteiger partial charge in [0.15, 0.2) is 0 Å². The zero-order valence-electron chi connectivity index (χ0n) is 11.7. The minimum Gasteiger partial charge on any atom is -0.477 e. The number of aromatic carboxylic acids is 1. The van der Waals surface area contributed by atoms with Gasteiger partial charge < -0.3 is 5.11 Å². The van der Waals surface area contributed by atoms with Crippen molar-refractivity contribution >= 4 is 17.3 Å². The second-order valence-electron chi connectivity index (χ2n) is 6.11. The van der Waals surface area contributed by atoms with E-state index in [2.05, 4.69) is 24.3 Å². The number of nitrogens with zero attached hydrogens (tertiary/aromatic N) is 1. The van der Waals surface area contributed by atoms with Crippen LogP contribution in [0.1, 0.15) is 64.0 Å². The average molecular weight is 299 g/mol. The first-order valence-electron chi connectivity index (χ1n) is 7.51. The lowest BCUT2D eigenvalue weighted by Crippen LogP contribution is -2.35. The molecule has 1 aromatic heterocycles. The first-order chi connectivity index (χ1) is 10.2. The third-order valence-corrected chi connectivity index (χ3v) is 6.02. The van der Waals surface area contributed by atoms with Gasteiger partial charge in [-0.1, -0.05) is 36.8 Å². The molecule has 0 unspecified atom stereocenters. The van der Waals surface area contributed by atoms with Crippen LogP contribution in [0.3, 0.4) is 0 Å². The summed E-state index contributed by atoms with van der Waals surface area (Å²) < 4.78 is 0. The first-order valence-corrected chi connectivity index (χ1v) is 8.32. The van der Waals surface area contributed by atoms with Gasteiger partial charge in [0, 0.05) is 11.3 Å². The normalized spacial score (nSPS) is 20.0. The second kappa shape index (κ2) is 4.67. The highest BCUT2D eigenvalue weighted by Gasteiger charge is 2.45. The molecule has 0 bridgehead atoms. The summed E-state index contributed by atoms with van der Waals surface area (Å²) in [6, 6.07) is 10.4. The molecular formula is C17H17NO2S. The number of carboxylic acids is 1. The summed E-state index contributed by atoms with van der Waals surface area (Å²) in [4.78, 5) is 16.8. The van der Waals surface area contributed by atoms with Crippen LogP contribution in [0, 0.1) is 0 Å².